The second kappa shape index (κ2) is 7.34. The number of H-pyrrole nitrogens is 1. The van der Waals surface area contributed by atoms with Gasteiger partial charge in [0, 0.05) is 26.1 Å². The van der Waals surface area contributed by atoms with Crippen LogP contribution >= 0.6 is 0 Å². The van der Waals surface area contributed by atoms with Crippen LogP contribution in [0, 0.1) is 0 Å². The molecule has 0 spiro atoms. The minimum Gasteiger partial charge on any atom is -0.332 e. The van der Waals surface area contributed by atoms with E-state index in [1.165, 1.54) is 10.5 Å². The van der Waals surface area contributed by atoms with Crippen molar-refractivity contribution in [3.8, 4) is 0 Å². The van der Waals surface area contributed by atoms with Crippen molar-refractivity contribution >= 4 is 20.0 Å². The van der Waals surface area contributed by atoms with E-state index < -0.39 is 20.0 Å². The number of aromatic amines is 1. The van der Waals surface area contributed by atoms with E-state index in [0.29, 0.717) is 25.2 Å². The van der Waals surface area contributed by atoms with E-state index >= 15 is 0 Å². The second-order valence-electron chi connectivity index (χ2n) is 4.55. The summed E-state index contributed by atoms with van der Waals surface area (Å²) in [6.07, 6.45) is 3.43. The van der Waals surface area contributed by atoms with E-state index in [9.17, 15) is 16.8 Å². The highest BCUT2D eigenvalue weighted by Gasteiger charge is 2.17. The predicted molar refractivity (Wildman–Crippen MR) is 79.9 cm³/mol. The Morgan fingerprint density at radius 1 is 1.29 bits per heavy atom. The number of sulfonamides is 2. The van der Waals surface area contributed by atoms with Gasteiger partial charge in [-0.3, -0.25) is 0 Å². The first kappa shape index (κ1) is 18.1. The number of rotatable bonds is 9. The molecule has 2 N–H and O–H groups in total. The van der Waals surface area contributed by atoms with Gasteiger partial charge in [-0.1, -0.05) is 13.8 Å². The maximum absolute atomic E-state index is 12.0. The molecule has 0 aliphatic heterocycles. The van der Waals surface area contributed by atoms with Gasteiger partial charge in [0.15, 0.2) is 5.03 Å². The van der Waals surface area contributed by atoms with E-state index in [1.54, 1.807) is 6.92 Å². The average Bonchev–Trinajstić information content (AvgIpc) is 2.86. The van der Waals surface area contributed by atoms with Crippen molar-refractivity contribution in [2.24, 2.45) is 0 Å². The molecule has 0 aliphatic carbocycles. The Morgan fingerprint density at radius 3 is 2.43 bits per heavy atom. The van der Waals surface area contributed by atoms with E-state index in [-0.39, 0.29) is 18.1 Å². The predicted octanol–water partition coefficient (Wildman–Crippen LogP) is -0.0780. The molecule has 1 aromatic rings. The van der Waals surface area contributed by atoms with E-state index in [2.05, 4.69) is 14.7 Å². The number of aromatic nitrogens is 2. The first-order valence-corrected chi connectivity index (χ1v) is 10.0. The number of hydrogen-bond acceptors (Lipinski definition) is 5. The summed E-state index contributed by atoms with van der Waals surface area (Å²) in [6, 6.07) is 0. The Labute approximate surface area is 126 Å². The third-order valence-corrected chi connectivity index (χ3v) is 5.68. The highest BCUT2D eigenvalue weighted by molar-refractivity contribution is 7.89. The SMILES string of the molecule is CCc1ncc(S(=O)(=O)NCCCN(CC)S(C)(=O)=O)[nH]1. The van der Waals surface area contributed by atoms with Gasteiger partial charge in [0.1, 0.15) is 5.82 Å². The number of aryl methyl sites for hydroxylation is 1. The van der Waals surface area contributed by atoms with Crippen molar-refractivity contribution in [1.29, 1.82) is 0 Å². The summed E-state index contributed by atoms with van der Waals surface area (Å²) < 4.78 is 50.4. The maximum atomic E-state index is 12.0. The smallest absolute Gasteiger partial charge is 0.257 e. The van der Waals surface area contributed by atoms with Crippen molar-refractivity contribution in [3.05, 3.63) is 12.0 Å². The molecular weight excluding hydrogens is 316 g/mol. The summed E-state index contributed by atoms with van der Waals surface area (Å²) in [5, 5.41) is 0.0230. The van der Waals surface area contributed by atoms with Crippen molar-refractivity contribution in [2.75, 3.05) is 25.9 Å². The van der Waals surface area contributed by atoms with Gasteiger partial charge in [-0.25, -0.2) is 30.8 Å². The minimum atomic E-state index is -3.63. The Morgan fingerprint density at radius 2 is 1.95 bits per heavy atom. The Hall–Kier alpha value is -0.970. The Kier molecular flexibility index (Phi) is 6.32. The second-order valence-corrected chi connectivity index (χ2v) is 8.27. The van der Waals surface area contributed by atoms with E-state index in [4.69, 9.17) is 0 Å². The van der Waals surface area contributed by atoms with Gasteiger partial charge in [0.2, 0.25) is 10.0 Å². The van der Waals surface area contributed by atoms with Gasteiger partial charge < -0.3 is 4.98 Å². The summed E-state index contributed by atoms with van der Waals surface area (Å²) in [5.41, 5.74) is 0. The molecule has 0 fully saturated rings. The molecule has 0 saturated heterocycles. The summed E-state index contributed by atoms with van der Waals surface area (Å²) >= 11 is 0. The molecule has 0 radical (unpaired) electrons. The number of hydrogen-bond donors (Lipinski definition) is 2. The number of nitrogens with zero attached hydrogens (tertiary/aromatic N) is 2. The molecule has 122 valence electrons. The zero-order chi connectivity index (χ0) is 16.1. The Balaban J connectivity index is 2.51. The molecule has 1 rings (SSSR count). The molecule has 1 aromatic heterocycles. The van der Waals surface area contributed by atoms with Crippen LogP contribution in [0.3, 0.4) is 0 Å². The molecule has 8 nitrogen and oxygen atoms in total. The van der Waals surface area contributed by atoms with Crippen molar-refractivity contribution < 1.29 is 16.8 Å². The fourth-order valence-corrected chi connectivity index (χ4v) is 3.70. The van der Waals surface area contributed by atoms with Gasteiger partial charge in [-0.2, -0.15) is 0 Å². The molecule has 10 heteroatoms. The largest absolute Gasteiger partial charge is 0.332 e. The van der Waals surface area contributed by atoms with Crippen molar-refractivity contribution in [1.82, 2.24) is 19.0 Å². The van der Waals surface area contributed by atoms with Gasteiger partial charge >= 0.3 is 0 Å². The zero-order valence-corrected chi connectivity index (χ0v) is 14.1. The molecule has 0 unspecified atom stereocenters. The first-order chi connectivity index (χ1) is 9.70. The summed E-state index contributed by atoms with van der Waals surface area (Å²) in [6.45, 7) is 4.41. The first-order valence-electron chi connectivity index (χ1n) is 6.69. The topological polar surface area (TPSA) is 112 Å². The van der Waals surface area contributed by atoms with Crippen LogP contribution in [0.2, 0.25) is 0 Å². The molecular formula is C11H22N4O4S2. The molecule has 21 heavy (non-hydrogen) atoms. The number of nitrogens with one attached hydrogen (secondary N) is 2. The van der Waals surface area contributed by atoms with Crippen molar-refractivity contribution in [3.63, 3.8) is 0 Å². The lowest BCUT2D eigenvalue weighted by Crippen LogP contribution is -2.33. The third kappa shape index (κ3) is 5.38. The van der Waals surface area contributed by atoms with Crippen LogP contribution in [-0.4, -0.2) is 57.0 Å². The summed E-state index contributed by atoms with van der Waals surface area (Å²) in [7, 11) is -6.87. The molecule has 0 saturated carbocycles. The van der Waals surface area contributed by atoms with Gasteiger partial charge in [-0.15, -0.1) is 0 Å². The van der Waals surface area contributed by atoms with Gasteiger partial charge in [-0.05, 0) is 6.42 Å². The lowest BCUT2D eigenvalue weighted by Gasteiger charge is -2.17. The molecule has 0 amide bonds. The Bertz CT molecular complexity index is 652. The maximum Gasteiger partial charge on any atom is 0.257 e. The lowest BCUT2D eigenvalue weighted by molar-refractivity contribution is 0.424. The van der Waals surface area contributed by atoms with Crippen LogP contribution in [0.5, 0.6) is 0 Å². The average molecular weight is 338 g/mol. The highest BCUT2D eigenvalue weighted by atomic mass is 32.2. The quantitative estimate of drug-likeness (QED) is 0.612. The van der Waals surface area contributed by atoms with Crippen LogP contribution in [0.1, 0.15) is 26.1 Å². The fourth-order valence-electron chi connectivity index (χ4n) is 1.76. The van der Waals surface area contributed by atoms with Crippen LogP contribution in [0.15, 0.2) is 11.2 Å². The highest BCUT2D eigenvalue weighted by Crippen LogP contribution is 2.06. The fraction of sp³-hybridized carbons (Fsp3) is 0.727. The summed E-state index contributed by atoms with van der Waals surface area (Å²) in [5.74, 6) is 0.601. The number of imidazole rings is 1. The zero-order valence-electron chi connectivity index (χ0n) is 12.5. The third-order valence-electron chi connectivity index (χ3n) is 2.93. The lowest BCUT2D eigenvalue weighted by atomic mass is 10.4. The van der Waals surface area contributed by atoms with Crippen LogP contribution in [-0.2, 0) is 26.5 Å². The van der Waals surface area contributed by atoms with Crippen LogP contribution in [0.4, 0.5) is 0 Å². The van der Waals surface area contributed by atoms with E-state index in [0.717, 1.165) is 6.26 Å². The van der Waals surface area contributed by atoms with Gasteiger partial charge in [0.25, 0.3) is 10.0 Å². The normalized spacial score (nSPS) is 13.0. The van der Waals surface area contributed by atoms with E-state index in [1.807, 2.05) is 6.92 Å². The molecule has 0 bridgehead atoms. The van der Waals surface area contributed by atoms with Crippen molar-refractivity contribution in [2.45, 2.75) is 31.7 Å². The molecule has 0 aliphatic rings. The van der Waals surface area contributed by atoms with Crippen LogP contribution in [0.25, 0.3) is 0 Å². The van der Waals surface area contributed by atoms with Gasteiger partial charge in [0.05, 0.1) is 12.5 Å². The summed E-state index contributed by atoms with van der Waals surface area (Å²) in [4.78, 5) is 6.66. The van der Waals surface area contributed by atoms with Crippen LogP contribution < -0.4 is 4.72 Å². The minimum absolute atomic E-state index is 0.0230. The standard InChI is InChI=1S/C11H22N4O4S2/c1-4-10-12-9-11(14-10)21(18,19)13-7-6-8-15(5-2)20(3,16)17/h9,13H,4-8H2,1-3H3,(H,12,14). The molecule has 0 aromatic carbocycles. The molecule has 1 heterocycles. The monoisotopic (exact) mass is 338 g/mol. The molecule has 0 atom stereocenters.